The Morgan fingerprint density at radius 1 is 1.70 bits per heavy atom. The molecule has 0 aromatic heterocycles. The Kier molecular flexibility index (Phi) is 4.69. The lowest BCUT2D eigenvalue weighted by molar-refractivity contribution is -0.124. The van der Waals surface area contributed by atoms with Gasteiger partial charge in [0.2, 0.25) is 0 Å². The number of carbonyl (C=O) groups excluding carboxylic acids is 1. The van der Waals surface area contributed by atoms with Gasteiger partial charge in [-0.2, -0.15) is 0 Å². The number of aliphatic imine (C=N–C) groups is 1. The maximum absolute atomic E-state index is 10.3. The molecule has 58 valence electrons. The first-order valence-corrected chi connectivity index (χ1v) is 2.97. The number of hydrazine groups is 1. The molecule has 0 unspecified atom stereocenters. The highest BCUT2D eigenvalue weighted by molar-refractivity contribution is 7.96. The van der Waals surface area contributed by atoms with E-state index >= 15 is 0 Å². The lowest BCUT2D eigenvalue weighted by atomic mass is 10.7. The molecule has 0 saturated carbocycles. The molecule has 0 aliphatic rings. The number of nitrogens with one attached hydrogen (secondary N) is 2. The molecule has 0 atom stereocenters. The van der Waals surface area contributed by atoms with Crippen LogP contribution in [0.4, 0.5) is 0 Å². The molecule has 10 heavy (non-hydrogen) atoms. The van der Waals surface area contributed by atoms with Crippen molar-refractivity contribution in [1.29, 1.82) is 0 Å². The van der Waals surface area contributed by atoms with Crippen LogP contribution in [0.1, 0.15) is 0 Å². The normalized spacial score (nSPS) is 10.9. The minimum atomic E-state index is -0.558. The molecule has 0 aromatic carbocycles. The fraction of sp³-hybridized carbons (Fsp3) is 0.500. The largest absolute Gasteiger partial charge is 0.386 e. The highest BCUT2D eigenvalue weighted by Crippen LogP contribution is 1.72. The molecular weight excluding hydrogens is 154 g/mol. The lowest BCUT2D eigenvalue weighted by Gasteiger charge is -2.03. The fourth-order valence-corrected chi connectivity index (χ4v) is 0.277. The summed E-state index contributed by atoms with van der Waals surface area (Å²) in [5, 5.41) is 8.48. The van der Waals surface area contributed by atoms with Crippen LogP contribution < -0.4 is 10.9 Å². The highest BCUT2D eigenvalue weighted by Gasteiger charge is 1.94. The summed E-state index contributed by atoms with van der Waals surface area (Å²) < 4.78 is 0. The van der Waals surface area contributed by atoms with Gasteiger partial charge in [0.1, 0.15) is 6.61 Å². The van der Waals surface area contributed by atoms with E-state index in [1.165, 1.54) is 7.05 Å². The molecule has 0 aliphatic heterocycles. The van der Waals surface area contributed by atoms with Crippen LogP contribution in [0.15, 0.2) is 4.99 Å². The number of aliphatic hydroxyl groups excluding tert-OH is 1. The maximum Gasteiger partial charge on any atom is 0.264 e. The Morgan fingerprint density at radius 2 is 2.30 bits per heavy atom. The average molecular weight is 163 g/mol. The summed E-state index contributed by atoms with van der Waals surface area (Å²) in [6.45, 7) is -0.558. The van der Waals surface area contributed by atoms with E-state index in [-0.39, 0.29) is 5.17 Å². The first-order chi connectivity index (χ1) is 4.70. The number of nitrogens with zero attached hydrogens (tertiary/aromatic N) is 1. The van der Waals surface area contributed by atoms with Gasteiger partial charge in [-0.25, -0.2) is 0 Å². The van der Waals surface area contributed by atoms with E-state index in [0.717, 1.165) is 0 Å². The predicted molar refractivity (Wildman–Crippen MR) is 40.7 cm³/mol. The zero-order chi connectivity index (χ0) is 7.98. The number of rotatable bonds is 1. The number of amidine groups is 1. The van der Waals surface area contributed by atoms with Crippen molar-refractivity contribution in [3.63, 3.8) is 0 Å². The lowest BCUT2D eigenvalue weighted by Crippen LogP contribution is -2.41. The smallest absolute Gasteiger partial charge is 0.264 e. The topological polar surface area (TPSA) is 73.7 Å². The van der Waals surface area contributed by atoms with Crippen molar-refractivity contribution in [2.75, 3.05) is 13.7 Å². The van der Waals surface area contributed by atoms with Gasteiger partial charge in [0.15, 0.2) is 5.17 Å². The molecule has 0 fully saturated rings. The van der Waals surface area contributed by atoms with Crippen LogP contribution in [0, 0.1) is 0 Å². The van der Waals surface area contributed by atoms with E-state index in [9.17, 15) is 4.79 Å². The van der Waals surface area contributed by atoms with E-state index < -0.39 is 12.5 Å². The van der Waals surface area contributed by atoms with Gasteiger partial charge in [-0.3, -0.25) is 20.6 Å². The minimum absolute atomic E-state index is 0.279. The fourth-order valence-electron chi connectivity index (χ4n) is 0.221. The van der Waals surface area contributed by atoms with E-state index in [2.05, 4.69) is 28.5 Å². The van der Waals surface area contributed by atoms with Crippen molar-refractivity contribution >= 4 is 23.7 Å². The third-order valence-electron chi connectivity index (χ3n) is 0.669. The average Bonchev–Trinajstić information content (AvgIpc) is 1.99. The summed E-state index contributed by atoms with van der Waals surface area (Å²) in [5.74, 6) is -0.532. The van der Waals surface area contributed by atoms with E-state index in [0.29, 0.717) is 0 Å². The zero-order valence-electron chi connectivity index (χ0n) is 5.46. The van der Waals surface area contributed by atoms with Crippen LogP contribution in [0.2, 0.25) is 0 Å². The number of carbonyl (C=O) groups is 1. The van der Waals surface area contributed by atoms with Gasteiger partial charge in [-0.05, 0) is 0 Å². The molecule has 3 N–H and O–H groups in total. The Labute approximate surface area is 63.9 Å². The second-order valence-corrected chi connectivity index (χ2v) is 1.80. The van der Waals surface area contributed by atoms with Crippen molar-refractivity contribution in [3.8, 4) is 0 Å². The molecule has 0 bridgehead atoms. The summed E-state index contributed by atoms with van der Waals surface area (Å²) in [6, 6.07) is 0. The Bertz CT molecular complexity index is 147. The number of amides is 1. The van der Waals surface area contributed by atoms with Gasteiger partial charge in [-0.15, -0.1) is 12.6 Å². The van der Waals surface area contributed by atoms with Crippen LogP contribution in [0.25, 0.3) is 0 Å². The van der Waals surface area contributed by atoms with Crippen LogP contribution in [-0.2, 0) is 4.79 Å². The van der Waals surface area contributed by atoms with Crippen molar-refractivity contribution in [2.45, 2.75) is 0 Å². The third-order valence-corrected chi connectivity index (χ3v) is 0.981. The summed E-state index contributed by atoms with van der Waals surface area (Å²) >= 11 is 3.79. The van der Waals surface area contributed by atoms with E-state index in [1.807, 2.05) is 0 Å². The number of thiol groups is 1. The molecule has 0 aromatic rings. The molecule has 0 aliphatic carbocycles. The molecular formula is C4H9N3O2S. The summed E-state index contributed by atoms with van der Waals surface area (Å²) in [4.78, 5) is 13.9. The summed E-state index contributed by atoms with van der Waals surface area (Å²) in [7, 11) is 1.51. The minimum Gasteiger partial charge on any atom is -0.386 e. The molecule has 1 amide bonds. The maximum atomic E-state index is 10.3. The number of aliphatic hydroxyl groups is 1. The van der Waals surface area contributed by atoms with Gasteiger partial charge >= 0.3 is 0 Å². The van der Waals surface area contributed by atoms with Crippen molar-refractivity contribution in [1.82, 2.24) is 10.9 Å². The Morgan fingerprint density at radius 3 is 2.70 bits per heavy atom. The van der Waals surface area contributed by atoms with Gasteiger partial charge in [0.05, 0.1) is 0 Å². The molecule has 0 rings (SSSR count). The first kappa shape index (κ1) is 9.25. The van der Waals surface area contributed by atoms with E-state index in [1.54, 1.807) is 0 Å². The SMILES string of the molecule is C/N=C(\S)NNC(=O)CO. The number of hydrogen-bond acceptors (Lipinski definition) is 3. The van der Waals surface area contributed by atoms with Crippen LogP contribution in [0.5, 0.6) is 0 Å². The monoisotopic (exact) mass is 163 g/mol. The second kappa shape index (κ2) is 5.07. The summed E-state index contributed by atoms with van der Waals surface area (Å²) in [5.41, 5.74) is 4.47. The number of hydrogen-bond donors (Lipinski definition) is 4. The molecule has 6 heteroatoms. The molecule has 0 spiro atoms. The highest BCUT2D eigenvalue weighted by atomic mass is 32.1. The van der Waals surface area contributed by atoms with Crippen LogP contribution >= 0.6 is 12.6 Å². The van der Waals surface area contributed by atoms with Gasteiger partial charge < -0.3 is 5.11 Å². The quantitative estimate of drug-likeness (QED) is 0.165. The van der Waals surface area contributed by atoms with Gasteiger partial charge in [0.25, 0.3) is 5.91 Å². The summed E-state index contributed by atoms with van der Waals surface area (Å²) in [6.07, 6.45) is 0. The van der Waals surface area contributed by atoms with Crippen LogP contribution in [0.3, 0.4) is 0 Å². The zero-order valence-corrected chi connectivity index (χ0v) is 6.35. The standard InChI is InChI=1S/C4H9N3O2S/c1-5-4(10)7-6-3(9)2-8/h8H,2H2,1H3,(H,6,9)(H2,5,7,10). The first-order valence-electron chi connectivity index (χ1n) is 2.52. The van der Waals surface area contributed by atoms with Crippen LogP contribution in [-0.4, -0.2) is 29.8 Å². The Hall–Kier alpha value is -0.750. The van der Waals surface area contributed by atoms with Crippen molar-refractivity contribution in [3.05, 3.63) is 0 Å². The van der Waals surface area contributed by atoms with Gasteiger partial charge in [-0.1, -0.05) is 0 Å². The molecule has 0 radical (unpaired) electrons. The van der Waals surface area contributed by atoms with E-state index in [4.69, 9.17) is 5.11 Å². The molecule has 5 nitrogen and oxygen atoms in total. The molecule has 0 saturated heterocycles. The second-order valence-electron chi connectivity index (χ2n) is 1.38. The van der Waals surface area contributed by atoms with Crippen molar-refractivity contribution in [2.24, 2.45) is 4.99 Å². The van der Waals surface area contributed by atoms with Gasteiger partial charge in [0, 0.05) is 7.05 Å². The van der Waals surface area contributed by atoms with Crippen molar-refractivity contribution < 1.29 is 9.90 Å². The molecule has 0 heterocycles. The predicted octanol–water partition coefficient (Wildman–Crippen LogP) is -1.48. The third kappa shape index (κ3) is 4.16. The Balaban J connectivity index is 3.45.